The number of anilines is 1. The zero-order chi connectivity index (χ0) is 10.8. The molecule has 5 heteroatoms. The summed E-state index contributed by atoms with van der Waals surface area (Å²) in [7, 11) is 0. The summed E-state index contributed by atoms with van der Waals surface area (Å²) in [5.41, 5.74) is 6.40. The fourth-order valence-electron chi connectivity index (χ4n) is 1.60. The molecular weight excluding hydrogens is 258 g/mol. The molecule has 1 fully saturated rings. The van der Waals surface area contributed by atoms with Crippen molar-refractivity contribution in [3.05, 3.63) is 28.7 Å². The van der Waals surface area contributed by atoms with Gasteiger partial charge in [0.05, 0.1) is 6.04 Å². The summed E-state index contributed by atoms with van der Waals surface area (Å²) in [4.78, 5) is 13.3. The molecule has 1 atom stereocenters. The predicted molar refractivity (Wildman–Crippen MR) is 62.9 cm³/mol. The van der Waals surface area contributed by atoms with E-state index in [-0.39, 0.29) is 12.1 Å². The quantitative estimate of drug-likeness (QED) is 0.851. The second kappa shape index (κ2) is 4.20. The van der Waals surface area contributed by atoms with Gasteiger partial charge in [-0.2, -0.15) is 0 Å². The van der Waals surface area contributed by atoms with E-state index in [0.717, 1.165) is 10.2 Å². The third-order valence-electron chi connectivity index (χ3n) is 2.38. The zero-order valence-corrected chi connectivity index (χ0v) is 9.70. The third-order valence-corrected chi connectivity index (χ3v) is 2.87. The minimum Gasteiger partial charge on any atom is -0.332 e. The van der Waals surface area contributed by atoms with Gasteiger partial charge in [-0.3, -0.25) is 4.90 Å². The monoisotopic (exact) mass is 269 g/mol. The van der Waals surface area contributed by atoms with Crippen molar-refractivity contribution < 1.29 is 4.79 Å². The van der Waals surface area contributed by atoms with Crippen LogP contribution in [0.25, 0.3) is 0 Å². The number of urea groups is 1. The van der Waals surface area contributed by atoms with Crippen LogP contribution in [0, 0.1) is 0 Å². The average molecular weight is 270 g/mol. The van der Waals surface area contributed by atoms with E-state index in [2.05, 4.69) is 21.2 Å². The molecule has 4 nitrogen and oxygen atoms in total. The van der Waals surface area contributed by atoms with Crippen molar-refractivity contribution in [2.75, 3.05) is 18.0 Å². The second-order valence-corrected chi connectivity index (χ2v) is 4.39. The number of rotatable bonds is 2. The molecule has 2 rings (SSSR count). The van der Waals surface area contributed by atoms with Gasteiger partial charge in [0.2, 0.25) is 0 Å². The van der Waals surface area contributed by atoms with Crippen molar-refractivity contribution in [1.82, 2.24) is 5.32 Å². The van der Waals surface area contributed by atoms with E-state index in [1.807, 2.05) is 24.3 Å². The Morgan fingerprint density at radius 1 is 1.60 bits per heavy atom. The third kappa shape index (κ3) is 2.13. The van der Waals surface area contributed by atoms with Gasteiger partial charge in [-0.1, -0.05) is 22.0 Å². The first-order chi connectivity index (χ1) is 7.20. The Morgan fingerprint density at radius 3 is 3.00 bits per heavy atom. The number of nitrogens with one attached hydrogen (secondary N) is 1. The molecule has 0 spiro atoms. The number of carbonyl (C=O) groups is 1. The number of amides is 2. The molecule has 1 unspecified atom stereocenters. The zero-order valence-electron chi connectivity index (χ0n) is 8.11. The van der Waals surface area contributed by atoms with Crippen LogP contribution in [-0.4, -0.2) is 25.2 Å². The Balaban J connectivity index is 2.21. The van der Waals surface area contributed by atoms with E-state index in [9.17, 15) is 4.79 Å². The van der Waals surface area contributed by atoms with Crippen LogP contribution in [0.4, 0.5) is 10.5 Å². The van der Waals surface area contributed by atoms with E-state index >= 15 is 0 Å². The summed E-state index contributed by atoms with van der Waals surface area (Å²) in [6.07, 6.45) is 0. The lowest BCUT2D eigenvalue weighted by Gasteiger charge is -2.14. The van der Waals surface area contributed by atoms with Crippen LogP contribution in [0.15, 0.2) is 28.7 Å². The molecule has 2 amide bonds. The number of hydrogen-bond acceptors (Lipinski definition) is 2. The van der Waals surface area contributed by atoms with Gasteiger partial charge in [0.25, 0.3) is 0 Å². The lowest BCUT2D eigenvalue weighted by atomic mass is 10.2. The highest BCUT2D eigenvalue weighted by atomic mass is 79.9. The topological polar surface area (TPSA) is 58.4 Å². The summed E-state index contributed by atoms with van der Waals surface area (Å²) >= 11 is 3.38. The molecule has 1 heterocycles. The van der Waals surface area contributed by atoms with E-state index in [1.165, 1.54) is 0 Å². The molecule has 15 heavy (non-hydrogen) atoms. The molecular formula is C10H12BrN3O. The highest BCUT2D eigenvalue weighted by Crippen LogP contribution is 2.22. The van der Waals surface area contributed by atoms with Crippen LogP contribution < -0.4 is 16.0 Å². The molecule has 0 aromatic heterocycles. The lowest BCUT2D eigenvalue weighted by Crippen LogP contribution is -2.33. The van der Waals surface area contributed by atoms with Gasteiger partial charge in [0.1, 0.15) is 0 Å². The maximum absolute atomic E-state index is 11.6. The largest absolute Gasteiger partial charge is 0.332 e. The highest BCUT2D eigenvalue weighted by Gasteiger charge is 2.28. The van der Waals surface area contributed by atoms with Crippen molar-refractivity contribution in [3.8, 4) is 0 Å². The smallest absolute Gasteiger partial charge is 0.322 e. The number of nitrogens with zero attached hydrogens (tertiary/aromatic N) is 1. The van der Waals surface area contributed by atoms with Crippen molar-refractivity contribution in [2.45, 2.75) is 6.04 Å². The maximum Gasteiger partial charge on any atom is 0.322 e. The summed E-state index contributed by atoms with van der Waals surface area (Å²) in [5.74, 6) is 0. The van der Waals surface area contributed by atoms with Crippen molar-refractivity contribution >= 4 is 27.6 Å². The van der Waals surface area contributed by atoms with Gasteiger partial charge >= 0.3 is 6.03 Å². The molecule has 0 bridgehead atoms. The van der Waals surface area contributed by atoms with E-state index in [0.29, 0.717) is 13.1 Å². The van der Waals surface area contributed by atoms with Crippen LogP contribution in [0.2, 0.25) is 0 Å². The lowest BCUT2D eigenvalue weighted by molar-refractivity contribution is 0.251. The van der Waals surface area contributed by atoms with Crippen LogP contribution in [-0.2, 0) is 0 Å². The minimum absolute atomic E-state index is 0.0523. The van der Waals surface area contributed by atoms with Crippen molar-refractivity contribution in [2.24, 2.45) is 5.73 Å². The second-order valence-electron chi connectivity index (χ2n) is 3.47. The Labute approximate surface area is 96.6 Å². The van der Waals surface area contributed by atoms with Gasteiger partial charge in [-0.25, -0.2) is 4.79 Å². The fourth-order valence-corrected chi connectivity index (χ4v) is 1.99. The fraction of sp³-hybridized carbons (Fsp3) is 0.300. The van der Waals surface area contributed by atoms with Gasteiger partial charge in [0.15, 0.2) is 0 Å². The van der Waals surface area contributed by atoms with Crippen molar-refractivity contribution in [3.63, 3.8) is 0 Å². The Hall–Kier alpha value is -1.07. The highest BCUT2D eigenvalue weighted by molar-refractivity contribution is 9.10. The van der Waals surface area contributed by atoms with E-state index in [4.69, 9.17) is 5.73 Å². The summed E-state index contributed by atoms with van der Waals surface area (Å²) in [6.45, 7) is 1.10. The number of halogens is 1. The first-order valence-electron chi connectivity index (χ1n) is 4.74. The maximum atomic E-state index is 11.6. The minimum atomic E-state index is -0.0800. The first kappa shape index (κ1) is 10.4. The molecule has 1 saturated heterocycles. The van der Waals surface area contributed by atoms with Crippen LogP contribution >= 0.6 is 15.9 Å². The number of hydrogen-bond donors (Lipinski definition) is 2. The molecule has 1 aliphatic rings. The summed E-state index contributed by atoms with van der Waals surface area (Å²) in [5, 5.41) is 2.82. The Kier molecular flexibility index (Phi) is 2.93. The number of nitrogens with two attached hydrogens (primary N) is 1. The predicted octanol–water partition coefficient (Wildman–Crippen LogP) is 1.31. The molecule has 3 N–H and O–H groups in total. The summed E-state index contributed by atoms with van der Waals surface area (Å²) < 4.78 is 0.962. The number of carbonyl (C=O) groups excluding carboxylic acids is 1. The Bertz CT molecular complexity index is 383. The Morgan fingerprint density at radius 2 is 2.40 bits per heavy atom. The first-order valence-corrected chi connectivity index (χ1v) is 5.53. The van der Waals surface area contributed by atoms with Gasteiger partial charge in [-0.05, 0) is 18.2 Å². The van der Waals surface area contributed by atoms with Gasteiger partial charge in [-0.15, -0.1) is 0 Å². The van der Waals surface area contributed by atoms with E-state index < -0.39 is 0 Å². The van der Waals surface area contributed by atoms with Crippen LogP contribution in [0.3, 0.4) is 0 Å². The van der Waals surface area contributed by atoms with Crippen molar-refractivity contribution in [1.29, 1.82) is 0 Å². The molecule has 1 aromatic carbocycles. The normalized spacial score (nSPS) is 20.5. The van der Waals surface area contributed by atoms with Crippen LogP contribution in [0.5, 0.6) is 0 Å². The molecule has 0 radical (unpaired) electrons. The van der Waals surface area contributed by atoms with Gasteiger partial charge in [0, 0.05) is 23.2 Å². The average Bonchev–Trinajstić information content (AvgIpc) is 2.60. The van der Waals surface area contributed by atoms with Gasteiger partial charge < -0.3 is 11.1 Å². The molecule has 0 aliphatic carbocycles. The summed E-state index contributed by atoms with van der Waals surface area (Å²) in [6, 6.07) is 7.63. The van der Waals surface area contributed by atoms with E-state index in [1.54, 1.807) is 4.90 Å². The molecule has 80 valence electrons. The number of benzene rings is 1. The molecule has 0 saturated carbocycles. The standard InChI is InChI=1S/C10H12BrN3O/c11-7-2-1-3-9(4-7)14-6-8(5-12)13-10(14)15/h1-4,8H,5-6,12H2,(H,13,15). The molecule has 1 aliphatic heterocycles. The molecule has 1 aromatic rings. The SMILES string of the molecule is NCC1CN(c2cccc(Br)c2)C(=O)N1. The van der Waals surface area contributed by atoms with Crippen LogP contribution in [0.1, 0.15) is 0 Å².